The Morgan fingerprint density at radius 2 is 1.92 bits per heavy atom. The van der Waals surface area contributed by atoms with Crippen LogP contribution in [0.2, 0.25) is 0 Å². The van der Waals surface area contributed by atoms with E-state index in [1.54, 1.807) is 0 Å². The molecule has 0 bridgehead atoms. The fourth-order valence-electron chi connectivity index (χ4n) is 3.71. The molecule has 0 aromatic rings. The molecule has 1 unspecified atom stereocenters. The molecular formula is C18H37N5O. The van der Waals surface area contributed by atoms with Crippen LogP contribution in [0.4, 0.5) is 0 Å². The number of guanidine groups is 1. The lowest BCUT2D eigenvalue weighted by Crippen LogP contribution is -2.46. The molecule has 1 N–H and O–H groups in total. The first kappa shape index (κ1) is 19.5. The molecule has 2 aliphatic heterocycles. The first-order chi connectivity index (χ1) is 11.8. The smallest absolute Gasteiger partial charge is 0.193 e. The molecule has 2 rings (SSSR count). The molecule has 6 nitrogen and oxygen atoms in total. The van der Waals surface area contributed by atoms with Crippen LogP contribution in [0.25, 0.3) is 0 Å². The van der Waals surface area contributed by atoms with Gasteiger partial charge in [0.05, 0.1) is 13.2 Å². The highest BCUT2D eigenvalue weighted by Crippen LogP contribution is 2.17. The maximum absolute atomic E-state index is 5.47. The van der Waals surface area contributed by atoms with Crippen LogP contribution < -0.4 is 5.32 Å². The van der Waals surface area contributed by atoms with E-state index in [-0.39, 0.29) is 0 Å². The largest absolute Gasteiger partial charge is 0.379 e. The fraction of sp³-hybridized carbons (Fsp3) is 0.944. The van der Waals surface area contributed by atoms with E-state index in [1.807, 2.05) is 7.05 Å². The third-order valence-electron chi connectivity index (χ3n) is 5.32. The first-order valence-electron chi connectivity index (χ1n) is 9.78. The average molecular weight is 340 g/mol. The number of ether oxygens (including phenoxy) is 1. The second kappa shape index (κ2) is 10.9. The highest BCUT2D eigenvalue weighted by molar-refractivity contribution is 5.80. The fourth-order valence-corrected chi connectivity index (χ4v) is 3.71. The minimum atomic E-state index is 0.662. The summed E-state index contributed by atoms with van der Waals surface area (Å²) in [6, 6.07) is 0.662. The zero-order valence-corrected chi connectivity index (χ0v) is 16.0. The topological polar surface area (TPSA) is 43.3 Å². The van der Waals surface area contributed by atoms with Gasteiger partial charge in [0.1, 0.15) is 0 Å². The maximum atomic E-state index is 5.47. The molecule has 0 aromatic heterocycles. The summed E-state index contributed by atoms with van der Waals surface area (Å²) in [4.78, 5) is 12.0. The Morgan fingerprint density at radius 3 is 2.58 bits per heavy atom. The van der Waals surface area contributed by atoms with Crippen LogP contribution >= 0.6 is 0 Å². The Bertz CT molecular complexity index is 366. The van der Waals surface area contributed by atoms with E-state index >= 15 is 0 Å². The molecule has 2 saturated heterocycles. The lowest BCUT2D eigenvalue weighted by molar-refractivity contribution is 0.0195. The van der Waals surface area contributed by atoms with Crippen molar-refractivity contribution in [1.29, 1.82) is 0 Å². The summed E-state index contributed by atoms with van der Waals surface area (Å²) in [5.74, 6) is 1.08. The van der Waals surface area contributed by atoms with Crippen molar-refractivity contribution in [2.75, 3.05) is 72.6 Å². The van der Waals surface area contributed by atoms with Crippen LogP contribution in [0, 0.1) is 0 Å². The van der Waals surface area contributed by atoms with Crippen molar-refractivity contribution in [1.82, 2.24) is 20.0 Å². The van der Waals surface area contributed by atoms with Gasteiger partial charge in [-0.05, 0) is 38.9 Å². The van der Waals surface area contributed by atoms with Gasteiger partial charge in [0.2, 0.25) is 0 Å². The Morgan fingerprint density at radius 1 is 1.17 bits per heavy atom. The van der Waals surface area contributed by atoms with Crippen LogP contribution in [-0.4, -0.2) is 99.3 Å². The Labute approximate surface area is 148 Å². The summed E-state index contributed by atoms with van der Waals surface area (Å²) in [6.07, 6.45) is 3.70. The van der Waals surface area contributed by atoms with Gasteiger partial charge in [-0.15, -0.1) is 0 Å². The van der Waals surface area contributed by atoms with E-state index in [2.05, 4.69) is 38.9 Å². The number of likely N-dealkylation sites (tertiary alicyclic amines) is 1. The van der Waals surface area contributed by atoms with Crippen molar-refractivity contribution in [3.63, 3.8) is 0 Å². The van der Waals surface area contributed by atoms with E-state index in [4.69, 9.17) is 4.74 Å². The average Bonchev–Trinajstić information content (AvgIpc) is 3.12. The predicted octanol–water partition coefficient (Wildman–Crippen LogP) is 1.09. The molecule has 0 amide bonds. The van der Waals surface area contributed by atoms with Gasteiger partial charge in [-0.3, -0.25) is 9.89 Å². The first-order valence-corrected chi connectivity index (χ1v) is 9.78. The van der Waals surface area contributed by atoms with Crippen molar-refractivity contribution < 1.29 is 4.74 Å². The zero-order chi connectivity index (χ0) is 17.2. The molecule has 2 heterocycles. The number of nitrogens with one attached hydrogen (secondary N) is 1. The number of aliphatic imine (C=N–C) groups is 1. The van der Waals surface area contributed by atoms with Gasteiger partial charge in [-0.2, -0.15) is 0 Å². The van der Waals surface area contributed by atoms with Gasteiger partial charge in [-0.25, -0.2) is 0 Å². The molecule has 0 aromatic carbocycles. The van der Waals surface area contributed by atoms with Crippen LogP contribution in [0.1, 0.15) is 33.1 Å². The number of unbranched alkanes of at least 4 members (excludes halogenated alkanes) is 1. The Hall–Kier alpha value is -0.850. The second-order valence-electron chi connectivity index (χ2n) is 6.74. The van der Waals surface area contributed by atoms with Crippen molar-refractivity contribution >= 4 is 5.96 Å². The SMILES string of the molecule is CCN(CC)CCCCNC(=NC)N1CCC(N2CCOCC2)C1. The van der Waals surface area contributed by atoms with Crippen molar-refractivity contribution in [2.24, 2.45) is 4.99 Å². The van der Waals surface area contributed by atoms with Crippen molar-refractivity contribution in [3.8, 4) is 0 Å². The molecule has 0 aliphatic carbocycles. The second-order valence-corrected chi connectivity index (χ2v) is 6.74. The van der Waals surface area contributed by atoms with E-state index in [9.17, 15) is 0 Å². The Balaban J connectivity index is 1.65. The predicted molar refractivity (Wildman–Crippen MR) is 101 cm³/mol. The molecular weight excluding hydrogens is 302 g/mol. The van der Waals surface area contributed by atoms with Crippen molar-refractivity contribution in [2.45, 2.75) is 39.2 Å². The van der Waals surface area contributed by atoms with Gasteiger partial charge < -0.3 is 19.9 Å². The lowest BCUT2D eigenvalue weighted by Gasteiger charge is -2.32. The molecule has 2 fully saturated rings. The highest BCUT2D eigenvalue weighted by atomic mass is 16.5. The lowest BCUT2D eigenvalue weighted by atomic mass is 10.2. The molecule has 1 atom stereocenters. The van der Waals surface area contributed by atoms with Gasteiger partial charge in [0.25, 0.3) is 0 Å². The molecule has 6 heteroatoms. The van der Waals surface area contributed by atoms with Crippen molar-refractivity contribution in [3.05, 3.63) is 0 Å². The summed E-state index contributed by atoms with van der Waals surface area (Å²) < 4.78 is 5.47. The monoisotopic (exact) mass is 339 g/mol. The van der Waals surface area contributed by atoms with Gasteiger partial charge in [0, 0.05) is 45.8 Å². The number of hydrogen-bond donors (Lipinski definition) is 1. The summed E-state index contributed by atoms with van der Waals surface area (Å²) in [5.41, 5.74) is 0. The Kier molecular flexibility index (Phi) is 8.84. The standard InChI is InChI=1S/C18H37N5O/c1-4-21(5-2)10-7-6-9-20-18(19-3)23-11-8-17(16-23)22-12-14-24-15-13-22/h17H,4-16H2,1-3H3,(H,19,20). The van der Waals surface area contributed by atoms with E-state index in [1.165, 1.54) is 25.8 Å². The minimum Gasteiger partial charge on any atom is -0.379 e. The molecule has 140 valence electrons. The molecule has 0 saturated carbocycles. The summed E-state index contributed by atoms with van der Waals surface area (Å²) >= 11 is 0. The summed E-state index contributed by atoms with van der Waals surface area (Å²) in [5, 5.41) is 3.56. The number of nitrogens with zero attached hydrogens (tertiary/aromatic N) is 4. The zero-order valence-electron chi connectivity index (χ0n) is 16.0. The summed E-state index contributed by atoms with van der Waals surface area (Å²) in [6.45, 7) is 15.1. The third kappa shape index (κ3) is 5.90. The van der Waals surface area contributed by atoms with E-state index < -0.39 is 0 Å². The summed E-state index contributed by atoms with van der Waals surface area (Å²) in [7, 11) is 1.90. The number of rotatable bonds is 8. The van der Waals surface area contributed by atoms with Crippen LogP contribution in [0.15, 0.2) is 4.99 Å². The molecule has 24 heavy (non-hydrogen) atoms. The highest BCUT2D eigenvalue weighted by Gasteiger charge is 2.30. The van der Waals surface area contributed by atoms with Crippen LogP contribution in [0.3, 0.4) is 0 Å². The molecule has 0 spiro atoms. The minimum absolute atomic E-state index is 0.662. The van der Waals surface area contributed by atoms with Gasteiger partial charge in [0.15, 0.2) is 5.96 Å². The normalized spacial score (nSPS) is 23.2. The van der Waals surface area contributed by atoms with Crippen LogP contribution in [-0.2, 0) is 4.74 Å². The number of morpholine rings is 1. The van der Waals surface area contributed by atoms with E-state index in [0.29, 0.717) is 6.04 Å². The quantitative estimate of drug-likeness (QED) is 0.407. The van der Waals surface area contributed by atoms with E-state index in [0.717, 1.165) is 65.0 Å². The van der Waals surface area contributed by atoms with Gasteiger partial charge in [-0.1, -0.05) is 13.8 Å². The third-order valence-corrected chi connectivity index (χ3v) is 5.32. The maximum Gasteiger partial charge on any atom is 0.193 e. The van der Waals surface area contributed by atoms with Crippen LogP contribution in [0.5, 0.6) is 0 Å². The number of hydrogen-bond acceptors (Lipinski definition) is 4. The molecule has 2 aliphatic rings. The molecule has 0 radical (unpaired) electrons. The van der Waals surface area contributed by atoms with Gasteiger partial charge >= 0.3 is 0 Å².